The molecule has 198 valence electrons. The first-order valence-electron chi connectivity index (χ1n) is 13.8. The molecule has 0 saturated carbocycles. The molecule has 3 aliphatic rings. The van der Waals surface area contributed by atoms with Gasteiger partial charge in [-0.25, -0.2) is 0 Å². The van der Waals surface area contributed by atoms with E-state index in [-0.39, 0.29) is 12.7 Å². The highest BCUT2D eigenvalue weighted by Crippen LogP contribution is 2.42. The first-order chi connectivity index (χ1) is 18.7. The first kappa shape index (κ1) is 24.8. The monoisotopic (exact) mass is 512 g/mol. The molecular formula is C32H36N2O4. The lowest BCUT2D eigenvalue weighted by atomic mass is 9.82. The van der Waals surface area contributed by atoms with Gasteiger partial charge in [-0.3, -0.25) is 9.69 Å². The zero-order chi connectivity index (χ0) is 25.9. The lowest BCUT2D eigenvalue weighted by molar-refractivity contribution is -0.141. The number of benzene rings is 3. The molecule has 1 amide bonds. The molecule has 6 heteroatoms. The van der Waals surface area contributed by atoms with Gasteiger partial charge in [0.05, 0.1) is 7.11 Å². The molecular weight excluding hydrogens is 476 g/mol. The fraction of sp³-hybridized carbons (Fsp3) is 0.406. The first-order valence-corrected chi connectivity index (χ1v) is 13.8. The van der Waals surface area contributed by atoms with E-state index in [0.29, 0.717) is 30.0 Å². The Morgan fingerprint density at radius 3 is 2.42 bits per heavy atom. The van der Waals surface area contributed by atoms with E-state index in [1.165, 1.54) is 16.7 Å². The van der Waals surface area contributed by atoms with Crippen molar-refractivity contribution in [3.8, 4) is 17.2 Å². The van der Waals surface area contributed by atoms with Crippen LogP contribution in [0.4, 0.5) is 0 Å². The van der Waals surface area contributed by atoms with Crippen LogP contribution in [0.3, 0.4) is 0 Å². The number of likely N-dealkylation sites (tertiary alicyclic amines) is 2. The van der Waals surface area contributed by atoms with Crippen molar-refractivity contribution in [1.82, 2.24) is 9.80 Å². The van der Waals surface area contributed by atoms with Crippen molar-refractivity contribution < 1.29 is 19.0 Å². The summed E-state index contributed by atoms with van der Waals surface area (Å²) in [6.07, 6.45) is 3.57. The summed E-state index contributed by atoms with van der Waals surface area (Å²) >= 11 is 0. The fourth-order valence-electron chi connectivity index (χ4n) is 6.56. The number of hydrogen-bond acceptors (Lipinski definition) is 5. The van der Waals surface area contributed by atoms with Gasteiger partial charge in [-0.2, -0.15) is 0 Å². The van der Waals surface area contributed by atoms with Gasteiger partial charge in [0, 0.05) is 44.6 Å². The maximum atomic E-state index is 13.2. The van der Waals surface area contributed by atoms with Gasteiger partial charge in [0.25, 0.3) is 0 Å². The molecule has 2 fully saturated rings. The summed E-state index contributed by atoms with van der Waals surface area (Å²) in [4.78, 5) is 17.9. The van der Waals surface area contributed by atoms with Crippen LogP contribution in [0.2, 0.25) is 0 Å². The molecule has 6 rings (SSSR count). The second-order valence-corrected chi connectivity index (χ2v) is 10.7. The van der Waals surface area contributed by atoms with Gasteiger partial charge in [0.1, 0.15) is 0 Å². The molecule has 0 spiro atoms. The van der Waals surface area contributed by atoms with Crippen LogP contribution in [-0.2, 0) is 11.3 Å². The minimum atomic E-state index is 0.238. The molecule has 2 saturated heterocycles. The zero-order valence-electron chi connectivity index (χ0n) is 22.1. The van der Waals surface area contributed by atoms with Crippen LogP contribution in [-0.4, -0.2) is 55.3 Å². The van der Waals surface area contributed by atoms with Crippen LogP contribution < -0.4 is 14.2 Å². The quantitative estimate of drug-likeness (QED) is 0.401. The lowest BCUT2D eigenvalue weighted by Gasteiger charge is -2.47. The minimum Gasteiger partial charge on any atom is -0.493 e. The fourth-order valence-corrected chi connectivity index (χ4v) is 6.56. The predicted octanol–water partition coefficient (Wildman–Crippen LogP) is 5.46. The number of piperidine rings is 2. The van der Waals surface area contributed by atoms with E-state index in [1.807, 2.05) is 0 Å². The normalized spacial score (nSPS) is 21.0. The molecule has 0 aromatic heterocycles. The number of hydrogen-bond donors (Lipinski definition) is 0. The predicted molar refractivity (Wildman–Crippen MR) is 147 cm³/mol. The molecule has 0 radical (unpaired) electrons. The van der Waals surface area contributed by atoms with Crippen molar-refractivity contribution in [2.75, 3.05) is 33.5 Å². The highest BCUT2D eigenvalue weighted by atomic mass is 16.7. The van der Waals surface area contributed by atoms with Crippen molar-refractivity contribution in [3.05, 3.63) is 89.5 Å². The third-order valence-corrected chi connectivity index (χ3v) is 8.41. The number of carbonyl (C=O) groups excluding carboxylic acids is 1. The summed E-state index contributed by atoms with van der Waals surface area (Å²) in [5, 5.41) is 0. The Bertz CT molecular complexity index is 1210. The van der Waals surface area contributed by atoms with E-state index < -0.39 is 0 Å². The van der Waals surface area contributed by atoms with Gasteiger partial charge in [0.2, 0.25) is 18.4 Å². The number of ether oxygens (including phenoxy) is 3. The molecule has 3 aliphatic heterocycles. The Balaban J connectivity index is 1.13. The second-order valence-electron chi connectivity index (χ2n) is 10.7. The molecule has 0 bridgehead atoms. The van der Waals surface area contributed by atoms with Gasteiger partial charge < -0.3 is 19.1 Å². The summed E-state index contributed by atoms with van der Waals surface area (Å²) in [7, 11) is 1.67. The van der Waals surface area contributed by atoms with Crippen molar-refractivity contribution in [1.29, 1.82) is 0 Å². The zero-order valence-corrected chi connectivity index (χ0v) is 22.1. The molecule has 3 aromatic carbocycles. The smallest absolute Gasteiger partial charge is 0.231 e. The molecule has 0 aliphatic carbocycles. The Labute approximate surface area is 225 Å². The van der Waals surface area contributed by atoms with Crippen molar-refractivity contribution in [2.24, 2.45) is 5.92 Å². The minimum absolute atomic E-state index is 0.238. The largest absolute Gasteiger partial charge is 0.493 e. The van der Waals surface area contributed by atoms with Crippen molar-refractivity contribution >= 4 is 5.91 Å². The SMILES string of the molecule is COc1cc(CN2CC[C@H]3[C@H](CCC(=O)N3CCC(c3ccccc3)c3ccccc3)C2)cc2c1OCO2. The number of carbonyl (C=O) groups is 1. The van der Waals surface area contributed by atoms with E-state index in [4.69, 9.17) is 14.2 Å². The standard InChI is InChI=1S/C32H36N2O4/c1-36-29-18-23(19-30-32(29)38-22-37-30)20-33-16-15-28-26(21-33)12-13-31(35)34(28)17-14-27(24-8-4-2-5-9-24)25-10-6-3-7-11-25/h2-11,18-19,26-28H,12-17,20-22H2,1H3/t26-,28+/m1/s1. The molecule has 3 aromatic rings. The van der Waals surface area contributed by atoms with Gasteiger partial charge in [-0.1, -0.05) is 60.7 Å². The summed E-state index contributed by atoms with van der Waals surface area (Å²) in [5.74, 6) is 3.29. The maximum absolute atomic E-state index is 13.2. The van der Waals surface area contributed by atoms with E-state index in [9.17, 15) is 4.79 Å². The van der Waals surface area contributed by atoms with Crippen LogP contribution >= 0.6 is 0 Å². The Kier molecular flexibility index (Phi) is 7.23. The third kappa shape index (κ3) is 5.10. The highest BCUT2D eigenvalue weighted by Gasteiger charge is 2.39. The van der Waals surface area contributed by atoms with Gasteiger partial charge in [0.15, 0.2) is 11.5 Å². The van der Waals surface area contributed by atoms with Crippen LogP contribution in [0, 0.1) is 5.92 Å². The lowest BCUT2D eigenvalue weighted by Crippen LogP contribution is -2.56. The molecule has 0 unspecified atom stereocenters. The Morgan fingerprint density at radius 1 is 0.974 bits per heavy atom. The van der Waals surface area contributed by atoms with Crippen LogP contribution in [0.1, 0.15) is 48.3 Å². The van der Waals surface area contributed by atoms with E-state index in [1.54, 1.807) is 7.11 Å². The number of methoxy groups -OCH3 is 1. The number of amides is 1. The van der Waals surface area contributed by atoms with E-state index >= 15 is 0 Å². The summed E-state index contributed by atoms with van der Waals surface area (Å²) in [5.41, 5.74) is 3.80. The molecule has 38 heavy (non-hydrogen) atoms. The van der Waals surface area contributed by atoms with Gasteiger partial charge in [-0.05, 0) is 54.0 Å². The highest BCUT2D eigenvalue weighted by molar-refractivity contribution is 5.77. The summed E-state index contributed by atoms with van der Waals surface area (Å²) in [6, 6.07) is 25.9. The average molecular weight is 513 g/mol. The second kappa shape index (κ2) is 11.1. The van der Waals surface area contributed by atoms with Crippen molar-refractivity contribution in [3.63, 3.8) is 0 Å². The van der Waals surface area contributed by atoms with Crippen LogP contribution in [0.5, 0.6) is 17.2 Å². The number of rotatable bonds is 8. The number of fused-ring (bicyclic) bond motifs is 2. The third-order valence-electron chi connectivity index (χ3n) is 8.41. The average Bonchev–Trinajstić information content (AvgIpc) is 3.44. The molecule has 3 heterocycles. The van der Waals surface area contributed by atoms with E-state index in [2.05, 4.69) is 82.6 Å². The Morgan fingerprint density at radius 2 is 1.71 bits per heavy atom. The topological polar surface area (TPSA) is 51.2 Å². The van der Waals surface area contributed by atoms with Crippen LogP contribution in [0.25, 0.3) is 0 Å². The van der Waals surface area contributed by atoms with Gasteiger partial charge in [-0.15, -0.1) is 0 Å². The van der Waals surface area contributed by atoms with Crippen molar-refractivity contribution in [2.45, 2.75) is 44.2 Å². The number of nitrogens with zero attached hydrogens (tertiary/aromatic N) is 2. The molecule has 2 atom stereocenters. The Hall–Kier alpha value is -3.51. The summed E-state index contributed by atoms with van der Waals surface area (Å²) < 4.78 is 16.7. The summed E-state index contributed by atoms with van der Waals surface area (Å²) in [6.45, 7) is 3.86. The molecule has 6 nitrogen and oxygen atoms in total. The maximum Gasteiger partial charge on any atom is 0.231 e. The van der Waals surface area contributed by atoms with E-state index in [0.717, 1.165) is 56.9 Å². The van der Waals surface area contributed by atoms with Gasteiger partial charge >= 0.3 is 0 Å². The van der Waals surface area contributed by atoms with Crippen LogP contribution in [0.15, 0.2) is 72.8 Å². The molecule has 0 N–H and O–H groups in total.